The Morgan fingerprint density at radius 1 is 1.24 bits per heavy atom. The molecule has 2 aliphatic rings. The van der Waals surface area contributed by atoms with Gasteiger partial charge >= 0.3 is 0 Å². The molecule has 2 fully saturated rings. The largest absolute Gasteiger partial charge is 0.379 e. The van der Waals surface area contributed by atoms with Gasteiger partial charge in [-0.15, -0.1) is 0 Å². The summed E-state index contributed by atoms with van der Waals surface area (Å²) in [4.78, 5) is 4.88. The number of rotatable bonds is 8. The van der Waals surface area contributed by atoms with E-state index in [4.69, 9.17) is 19.2 Å². The summed E-state index contributed by atoms with van der Waals surface area (Å²) in [6.07, 6.45) is 3.58. The van der Waals surface area contributed by atoms with E-state index < -0.39 is 0 Å². The summed E-state index contributed by atoms with van der Waals surface area (Å²) in [7, 11) is 0. The van der Waals surface area contributed by atoms with Crippen LogP contribution in [0.3, 0.4) is 0 Å². The van der Waals surface area contributed by atoms with Crippen molar-refractivity contribution in [1.29, 1.82) is 0 Å². The molecule has 0 saturated carbocycles. The number of aryl methyl sites for hydroxylation is 1. The van der Waals surface area contributed by atoms with Gasteiger partial charge in [0.25, 0.3) is 0 Å². The number of aliphatic imine (C=N–C) groups is 1. The van der Waals surface area contributed by atoms with Gasteiger partial charge in [-0.2, -0.15) is 0 Å². The van der Waals surface area contributed by atoms with Crippen LogP contribution in [-0.2, 0) is 14.2 Å². The molecule has 6 nitrogen and oxygen atoms in total. The molecule has 0 aliphatic carbocycles. The lowest BCUT2D eigenvalue weighted by Gasteiger charge is -2.31. The average Bonchev–Trinajstić information content (AvgIpc) is 3.25. The van der Waals surface area contributed by atoms with Crippen LogP contribution in [0.25, 0.3) is 0 Å². The Balaban J connectivity index is 1.55. The monoisotopic (exact) mass is 403 g/mol. The van der Waals surface area contributed by atoms with E-state index in [1.54, 1.807) is 0 Å². The molecule has 29 heavy (non-hydrogen) atoms. The van der Waals surface area contributed by atoms with Gasteiger partial charge in [0.05, 0.1) is 25.4 Å². The zero-order chi connectivity index (χ0) is 20.5. The Kier molecular flexibility index (Phi) is 8.77. The molecule has 4 atom stereocenters. The van der Waals surface area contributed by atoms with Gasteiger partial charge in [0.15, 0.2) is 5.96 Å². The molecule has 0 spiro atoms. The van der Waals surface area contributed by atoms with Gasteiger partial charge in [-0.25, -0.2) is 0 Å². The molecule has 3 rings (SSSR count). The lowest BCUT2D eigenvalue weighted by atomic mass is 9.89. The van der Waals surface area contributed by atoms with Crippen molar-refractivity contribution in [3.8, 4) is 0 Å². The number of nitrogens with one attached hydrogen (secondary N) is 2. The second kappa shape index (κ2) is 11.5. The molecule has 2 saturated heterocycles. The highest BCUT2D eigenvalue weighted by molar-refractivity contribution is 5.80. The fourth-order valence-corrected chi connectivity index (χ4v) is 3.88. The summed E-state index contributed by atoms with van der Waals surface area (Å²) in [5.41, 5.74) is 2.53. The first kappa shape index (κ1) is 22.1. The Morgan fingerprint density at radius 2 is 2.07 bits per heavy atom. The van der Waals surface area contributed by atoms with Crippen LogP contribution in [-0.4, -0.2) is 57.6 Å². The highest BCUT2D eigenvalue weighted by atomic mass is 16.5. The van der Waals surface area contributed by atoms with Gasteiger partial charge in [-0.05, 0) is 45.6 Å². The summed E-state index contributed by atoms with van der Waals surface area (Å²) >= 11 is 0. The van der Waals surface area contributed by atoms with E-state index in [-0.39, 0.29) is 18.2 Å². The summed E-state index contributed by atoms with van der Waals surface area (Å²) in [5.74, 6) is 1.24. The van der Waals surface area contributed by atoms with Crippen molar-refractivity contribution in [1.82, 2.24) is 10.6 Å². The van der Waals surface area contributed by atoms with Crippen LogP contribution in [0.2, 0.25) is 0 Å². The molecule has 4 unspecified atom stereocenters. The molecule has 6 heteroatoms. The van der Waals surface area contributed by atoms with Crippen LogP contribution in [0.5, 0.6) is 0 Å². The molecule has 0 radical (unpaired) electrons. The van der Waals surface area contributed by atoms with Crippen LogP contribution < -0.4 is 10.6 Å². The third-order valence-corrected chi connectivity index (χ3v) is 5.53. The fourth-order valence-electron chi connectivity index (χ4n) is 3.88. The molecule has 1 aromatic rings. The molecule has 2 N–H and O–H groups in total. The molecule has 2 aliphatic heterocycles. The molecule has 2 heterocycles. The van der Waals surface area contributed by atoms with E-state index in [0.29, 0.717) is 19.1 Å². The average molecular weight is 404 g/mol. The fraction of sp³-hybridized carbons (Fsp3) is 0.696. The van der Waals surface area contributed by atoms with Crippen LogP contribution in [0.15, 0.2) is 29.3 Å². The maximum Gasteiger partial charge on any atom is 0.191 e. The summed E-state index contributed by atoms with van der Waals surface area (Å²) in [6, 6.07) is 8.89. The second-order valence-electron chi connectivity index (χ2n) is 8.19. The summed E-state index contributed by atoms with van der Waals surface area (Å²) in [5, 5.41) is 6.84. The zero-order valence-electron chi connectivity index (χ0n) is 18.2. The minimum Gasteiger partial charge on any atom is -0.379 e. The number of guanidine groups is 1. The third-order valence-electron chi connectivity index (χ3n) is 5.53. The van der Waals surface area contributed by atoms with Crippen LogP contribution in [0.1, 0.15) is 50.3 Å². The molecular weight excluding hydrogens is 366 g/mol. The second-order valence-corrected chi connectivity index (χ2v) is 8.19. The predicted octanol–water partition coefficient (Wildman–Crippen LogP) is 3.21. The van der Waals surface area contributed by atoms with E-state index in [9.17, 15) is 0 Å². The van der Waals surface area contributed by atoms with Crippen LogP contribution in [0, 0.1) is 12.8 Å². The third kappa shape index (κ3) is 6.98. The van der Waals surface area contributed by atoms with Crippen molar-refractivity contribution in [3.63, 3.8) is 0 Å². The van der Waals surface area contributed by atoms with Gasteiger partial charge in [-0.3, -0.25) is 4.99 Å². The topological polar surface area (TPSA) is 64.1 Å². The van der Waals surface area contributed by atoms with E-state index in [0.717, 1.165) is 51.5 Å². The van der Waals surface area contributed by atoms with Gasteiger partial charge in [0, 0.05) is 38.3 Å². The van der Waals surface area contributed by atoms with E-state index in [1.165, 1.54) is 11.1 Å². The smallest absolute Gasteiger partial charge is 0.191 e. The van der Waals surface area contributed by atoms with Gasteiger partial charge < -0.3 is 24.8 Å². The summed E-state index contributed by atoms with van der Waals surface area (Å²) in [6.45, 7) is 10.9. The van der Waals surface area contributed by atoms with Gasteiger partial charge in [0.1, 0.15) is 0 Å². The highest BCUT2D eigenvalue weighted by Crippen LogP contribution is 2.33. The molecular formula is C23H37N3O3. The Labute approximate surface area is 175 Å². The molecule has 0 amide bonds. The molecule has 162 valence electrons. The number of hydrogen-bond acceptors (Lipinski definition) is 4. The Morgan fingerprint density at radius 3 is 2.79 bits per heavy atom. The van der Waals surface area contributed by atoms with Crippen molar-refractivity contribution < 1.29 is 14.2 Å². The lowest BCUT2D eigenvalue weighted by molar-refractivity contribution is -0.0250. The number of hydrogen-bond donors (Lipinski definition) is 2. The first-order chi connectivity index (χ1) is 14.2. The zero-order valence-corrected chi connectivity index (χ0v) is 18.2. The normalized spacial score (nSPS) is 26.3. The SMILES string of the molecule is CCNC(=NCC1CCCOC1c1ccc(C)cc1)NC(C)COC1CCOC1. The van der Waals surface area contributed by atoms with Crippen molar-refractivity contribution in [3.05, 3.63) is 35.4 Å². The molecule has 1 aromatic carbocycles. The number of benzene rings is 1. The quantitative estimate of drug-likeness (QED) is 0.515. The van der Waals surface area contributed by atoms with Crippen molar-refractivity contribution in [2.75, 3.05) is 39.5 Å². The predicted molar refractivity (Wildman–Crippen MR) is 116 cm³/mol. The lowest BCUT2D eigenvalue weighted by Crippen LogP contribution is -2.45. The van der Waals surface area contributed by atoms with E-state index >= 15 is 0 Å². The molecule has 0 bridgehead atoms. The minimum absolute atomic E-state index is 0.124. The Hall–Kier alpha value is -1.63. The first-order valence-corrected chi connectivity index (χ1v) is 11.1. The van der Waals surface area contributed by atoms with Crippen LogP contribution >= 0.6 is 0 Å². The summed E-state index contributed by atoms with van der Waals surface area (Å²) < 4.78 is 17.5. The maximum atomic E-state index is 6.14. The van der Waals surface area contributed by atoms with E-state index in [1.807, 2.05) is 0 Å². The highest BCUT2D eigenvalue weighted by Gasteiger charge is 2.27. The van der Waals surface area contributed by atoms with Crippen molar-refractivity contribution >= 4 is 5.96 Å². The van der Waals surface area contributed by atoms with Gasteiger partial charge in [-0.1, -0.05) is 29.8 Å². The Bertz CT molecular complexity index is 629. The van der Waals surface area contributed by atoms with Crippen LogP contribution in [0.4, 0.5) is 0 Å². The van der Waals surface area contributed by atoms with Gasteiger partial charge in [0.2, 0.25) is 0 Å². The maximum absolute atomic E-state index is 6.14. The van der Waals surface area contributed by atoms with Crippen molar-refractivity contribution in [2.24, 2.45) is 10.9 Å². The van der Waals surface area contributed by atoms with Crippen molar-refractivity contribution in [2.45, 2.75) is 58.3 Å². The number of nitrogens with zero attached hydrogens (tertiary/aromatic N) is 1. The minimum atomic E-state index is 0.124. The number of ether oxygens (including phenoxy) is 3. The standard InChI is InChI=1S/C23H37N3O3/c1-4-24-23(26-18(3)15-29-21-11-13-27-16-21)25-14-20-6-5-12-28-22(20)19-9-7-17(2)8-10-19/h7-10,18,20-22H,4-6,11-16H2,1-3H3,(H2,24,25,26). The van der Waals surface area contributed by atoms with E-state index in [2.05, 4.69) is 55.7 Å². The molecule has 0 aromatic heterocycles. The first-order valence-electron chi connectivity index (χ1n) is 11.1.